The summed E-state index contributed by atoms with van der Waals surface area (Å²) in [6.07, 6.45) is 1.30. The molecule has 0 radical (unpaired) electrons. The molecule has 0 saturated carbocycles. The van der Waals surface area contributed by atoms with Gasteiger partial charge in [0.15, 0.2) is 0 Å². The molecule has 0 aromatic heterocycles. The van der Waals surface area contributed by atoms with Gasteiger partial charge in [-0.1, -0.05) is 24.9 Å². The summed E-state index contributed by atoms with van der Waals surface area (Å²) in [6, 6.07) is 4.81. The summed E-state index contributed by atoms with van der Waals surface area (Å²) >= 11 is 9.08. The molecule has 0 aliphatic rings. The maximum atomic E-state index is 11.9. The highest BCUT2D eigenvalue weighted by atomic mass is 79.9. The van der Waals surface area contributed by atoms with Crippen LogP contribution in [-0.2, 0) is 4.79 Å². The molecule has 0 saturated heterocycles. The van der Waals surface area contributed by atoms with Crippen LogP contribution in [-0.4, -0.2) is 23.5 Å². The molecule has 0 aliphatic heterocycles. The Labute approximate surface area is 125 Å². The Morgan fingerprint density at radius 1 is 1.47 bits per heavy atom. The van der Waals surface area contributed by atoms with Crippen molar-refractivity contribution in [1.82, 2.24) is 5.32 Å². The van der Waals surface area contributed by atoms with E-state index in [0.717, 1.165) is 6.42 Å². The first kappa shape index (κ1) is 16.0. The lowest BCUT2D eigenvalue weighted by Gasteiger charge is -2.12. The van der Waals surface area contributed by atoms with Gasteiger partial charge in [0, 0.05) is 16.6 Å². The Morgan fingerprint density at radius 3 is 2.68 bits per heavy atom. The second kappa shape index (κ2) is 7.50. The third-order valence-corrected chi connectivity index (χ3v) is 3.89. The van der Waals surface area contributed by atoms with Crippen LogP contribution in [0, 0.1) is 5.92 Å². The van der Waals surface area contributed by atoms with Gasteiger partial charge in [-0.05, 0) is 40.5 Å². The van der Waals surface area contributed by atoms with Crippen molar-refractivity contribution in [2.75, 3.05) is 6.54 Å². The van der Waals surface area contributed by atoms with Crippen molar-refractivity contribution in [3.05, 3.63) is 33.3 Å². The fourth-order valence-electron chi connectivity index (χ4n) is 1.62. The summed E-state index contributed by atoms with van der Waals surface area (Å²) in [5, 5.41) is 12.1. The van der Waals surface area contributed by atoms with E-state index >= 15 is 0 Å². The lowest BCUT2D eigenvalue weighted by atomic mass is 10.0. The van der Waals surface area contributed by atoms with Gasteiger partial charge in [-0.25, -0.2) is 0 Å². The third kappa shape index (κ3) is 4.84. The highest BCUT2D eigenvalue weighted by Crippen LogP contribution is 2.23. The quantitative estimate of drug-likeness (QED) is 0.828. The van der Waals surface area contributed by atoms with Crippen LogP contribution >= 0.6 is 27.5 Å². The smallest absolute Gasteiger partial charge is 0.308 e. The second-order valence-electron chi connectivity index (χ2n) is 4.16. The molecule has 2 N–H and O–H groups in total. The zero-order chi connectivity index (χ0) is 14.4. The summed E-state index contributed by atoms with van der Waals surface area (Å²) < 4.78 is 0.630. The van der Waals surface area contributed by atoms with Crippen molar-refractivity contribution in [3.63, 3.8) is 0 Å². The van der Waals surface area contributed by atoms with Crippen LogP contribution in [0.5, 0.6) is 0 Å². The van der Waals surface area contributed by atoms with E-state index in [0.29, 0.717) is 21.5 Å². The van der Waals surface area contributed by atoms with Gasteiger partial charge < -0.3 is 10.4 Å². The molecule has 1 rings (SSSR count). The first-order valence-corrected chi connectivity index (χ1v) is 7.08. The number of carboxylic acids is 1. The monoisotopic (exact) mass is 347 g/mol. The van der Waals surface area contributed by atoms with E-state index in [-0.39, 0.29) is 12.5 Å². The molecule has 0 aliphatic carbocycles. The van der Waals surface area contributed by atoms with Crippen molar-refractivity contribution in [1.29, 1.82) is 0 Å². The number of hydrogen-bond donors (Lipinski definition) is 2. The first-order valence-electron chi connectivity index (χ1n) is 5.91. The molecular weight excluding hydrogens is 334 g/mol. The van der Waals surface area contributed by atoms with Crippen LogP contribution in [0.3, 0.4) is 0 Å². The summed E-state index contributed by atoms with van der Waals surface area (Å²) in [5.41, 5.74) is 0.442. The van der Waals surface area contributed by atoms with Crippen LogP contribution in [0.25, 0.3) is 0 Å². The van der Waals surface area contributed by atoms with Crippen molar-refractivity contribution < 1.29 is 14.7 Å². The molecule has 6 heteroatoms. The predicted molar refractivity (Wildman–Crippen MR) is 77.5 cm³/mol. The van der Waals surface area contributed by atoms with Gasteiger partial charge >= 0.3 is 5.97 Å². The highest BCUT2D eigenvalue weighted by molar-refractivity contribution is 9.10. The van der Waals surface area contributed by atoms with Gasteiger partial charge in [0.2, 0.25) is 0 Å². The number of carbonyl (C=O) groups is 2. The van der Waals surface area contributed by atoms with E-state index in [1.807, 2.05) is 6.92 Å². The summed E-state index contributed by atoms with van der Waals surface area (Å²) in [5.74, 6) is -1.75. The number of rotatable bonds is 6. The van der Waals surface area contributed by atoms with Gasteiger partial charge in [0.05, 0.1) is 10.9 Å². The fourth-order valence-corrected chi connectivity index (χ4v) is 2.11. The Kier molecular flexibility index (Phi) is 6.31. The van der Waals surface area contributed by atoms with Crippen molar-refractivity contribution in [3.8, 4) is 0 Å². The molecule has 4 nitrogen and oxygen atoms in total. The third-order valence-electron chi connectivity index (χ3n) is 2.68. The van der Waals surface area contributed by atoms with Crippen LogP contribution in [0.1, 0.15) is 30.1 Å². The zero-order valence-electron chi connectivity index (χ0n) is 10.5. The van der Waals surface area contributed by atoms with E-state index in [2.05, 4.69) is 21.2 Å². The largest absolute Gasteiger partial charge is 0.481 e. The van der Waals surface area contributed by atoms with E-state index in [4.69, 9.17) is 16.7 Å². The SMILES string of the molecule is CCCC(CNC(=O)c1ccc(Cl)c(Br)c1)C(=O)O. The molecule has 1 unspecified atom stereocenters. The minimum atomic E-state index is -0.889. The normalized spacial score (nSPS) is 11.9. The van der Waals surface area contributed by atoms with Crippen molar-refractivity contribution in [2.45, 2.75) is 19.8 Å². The molecule has 1 aromatic carbocycles. The lowest BCUT2D eigenvalue weighted by molar-refractivity contribution is -0.141. The average molecular weight is 349 g/mol. The van der Waals surface area contributed by atoms with E-state index < -0.39 is 11.9 Å². The fraction of sp³-hybridized carbons (Fsp3) is 0.385. The summed E-state index contributed by atoms with van der Waals surface area (Å²) in [6.45, 7) is 2.04. The van der Waals surface area contributed by atoms with Crippen LogP contribution in [0.4, 0.5) is 0 Å². The number of carbonyl (C=O) groups excluding carboxylic acids is 1. The Hall–Kier alpha value is -1.07. The number of amides is 1. The molecular formula is C13H15BrClNO3. The summed E-state index contributed by atoms with van der Waals surface area (Å²) in [4.78, 5) is 22.8. The van der Waals surface area contributed by atoms with E-state index in [9.17, 15) is 9.59 Å². The van der Waals surface area contributed by atoms with Crippen LogP contribution in [0.2, 0.25) is 5.02 Å². The minimum Gasteiger partial charge on any atom is -0.481 e. The molecule has 1 aromatic rings. The molecule has 1 amide bonds. The maximum Gasteiger partial charge on any atom is 0.308 e. The number of halogens is 2. The lowest BCUT2D eigenvalue weighted by Crippen LogP contribution is -2.32. The van der Waals surface area contributed by atoms with Crippen LogP contribution in [0.15, 0.2) is 22.7 Å². The Morgan fingerprint density at radius 2 is 2.16 bits per heavy atom. The number of hydrogen-bond acceptors (Lipinski definition) is 2. The highest BCUT2D eigenvalue weighted by Gasteiger charge is 2.17. The van der Waals surface area contributed by atoms with Gasteiger partial charge in [-0.15, -0.1) is 0 Å². The number of benzene rings is 1. The molecule has 0 bridgehead atoms. The first-order chi connectivity index (χ1) is 8.95. The van der Waals surface area contributed by atoms with Gasteiger partial charge in [-0.2, -0.15) is 0 Å². The second-order valence-corrected chi connectivity index (χ2v) is 5.42. The van der Waals surface area contributed by atoms with Crippen LogP contribution < -0.4 is 5.32 Å². The van der Waals surface area contributed by atoms with Crippen molar-refractivity contribution >= 4 is 39.4 Å². The Balaban J connectivity index is 2.63. The topological polar surface area (TPSA) is 66.4 Å². The molecule has 0 heterocycles. The minimum absolute atomic E-state index is 0.127. The summed E-state index contributed by atoms with van der Waals surface area (Å²) in [7, 11) is 0. The number of carboxylic acid groups (broad SMARTS) is 1. The standard InChI is InChI=1S/C13H15BrClNO3/c1-2-3-9(13(18)19)7-16-12(17)8-4-5-11(15)10(14)6-8/h4-6,9H,2-3,7H2,1H3,(H,16,17)(H,18,19). The molecule has 0 spiro atoms. The molecule has 0 fully saturated rings. The van der Waals surface area contributed by atoms with Crippen molar-refractivity contribution in [2.24, 2.45) is 5.92 Å². The maximum absolute atomic E-state index is 11.9. The number of nitrogens with one attached hydrogen (secondary N) is 1. The van der Waals surface area contributed by atoms with Gasteiger partial charge in [0.1, 0.15) is 0 Å². The van der Waals surface area contributed by atoms with Gasteiger partial charge in [-0.3, -0.25) is 9.59 Å². The van der Waals surface area contributed by atoms with E-state index in [1.54, 1.807) is 18.2 Å². The molecule has 19 heavy (non-hydrogen) atoms. The molecule has 104 valence electrons. The number of aliphatic carboxylic acids is 1. The zero-order valence-corrected chi connectivity index (χ0v) is 12.8. The molecule has 1 atom stereocenters. The Bertz CT molecular complexity index is 479. The predicted octanol–water partition coefficient (Wildman–Crippen LogP) is 3.33. The van der Waals surface area contributed by atoms with E-state index in [1.165, 1.54) is 0 Å². The average Bonchev–Trinajstić information content (AvgIpc) is 2.37. The van der Waals surface area contributed by atoms with Gasteiger partial charge in [0.25, 0.3) is 5.91 Å².